The zero-order chi connectivity index (χ0) is 25.0. The average Bonchev–Trinajstić information content (AvgIpc) is 2.87. The number of rotatable bonds is 8. The number of phenols is 2. The highest BCUT2D eigenvalue weighted by molar-refractivity contribution is 6.00. The molecule has 34 heavy (non-hydrogen) atoms. The summed E-state index contributed by atoms with van der Waals surface area (Å²) in [6, 6.07) is 10.0. The fourth-order valence-corrected chi connectivity index (χ4v) is 4.02. The van der Waals surface area contributed by atoms with Crippen LogP contribution in [-0.2, 0) is 11.2 Å². The molecule has 178 valence electrons. The number of benzene rings is 3. The molecule has 0 heterocycles. The van der Waals surface area contributed by atoms with Crippen molar-refractivity contribution in [1.82, 2.24) is 0 Å². The van der Waals surface area contributed by atoms with E-state index >= 15 is 0 Å². The number of carbonyl (C=O) groups excluding carboxylic acids is 2. The van der Waals surface area contributed by atoms with Crippen LogP contribution in [0, 0.1) is 6.92 Å². The zero-order valence-corrected chi connectivity index (χ0v) is 19.6. The summed E-state index contributed by atoms with van der Waals surface area (Å²) in [5, 5.41) is 21.2. The number of carbonyl (C=O) groups is 2. The Morgan fingerprint density at radius 1 is 0.912 bits per heavy atom. The molecule has 2 N–H and O–H groups in total. The van der Waals surface area contributed by atoms with Gasteiger partial charge in [-0.2, -0.15) is 0 Å². The molecule has 0 unspecified atom stereocenters. The summed E-state index contributed by atoms with van der Waals surface area (Å²) >= 11 is 0. The highest BCUT2D eigenvalue weighted by atomic mass is 16.5. The summed E-state index contributed by atoms with van der Waals surface area (Å²) in [6.07, 6.45) is 0.542. The van der Waals surface area contributed by atoms with E-state index in [9.17, 15) is 19.8 Å². The number of esters is 1. The Hall–Kier alpha value is -4.20. The summed E-state index contributed by atoms with van der Waals surface area (Å²) in [6.45, 7) is 1.60. The van der Waals surface area contributed by atoms with Crippen molar-refractivity contribution in [2.75, 3.05) is 28.4 Å². The van der Waals surface area contributed by atoms with E-state index in [-0.39, 0.29) is 17.5 Å². The van der Waals surface area contributed by atoms with Gasteiger partial charge in [0.05, 0.1) is 39.6 Å². The van der Waals surface area contributed by atoms with Gasteiger partial charge in [-0.05, 0) is 29.7 Å². The van der Waals surface area contributed by atoms with E-state index in [1.807, 2.05) is 0 Å². The number of phenolic OH excluding ortho intramolecular Hbond substituents is 2. The Morgan fingerprint density at radius 3 is 2.06 bits per heavy atom. The molecule has 0 aliphatic carbocycles. The van der Waals surface area contributed by atoms with Crippen molar-refractivity contribution >= 4 is 12.3 Å². The van der Waals surface area contributed by atoms with E-state index < -0.39 is 17.5 Å². The van der Waals surface area contributed by atoms with E-state index in [1.165, 1.54) is 28.4 Å². The van der Waals surface area contributed by atoms with Crippen LogP contribution >= 0.6 is 0 Å². The normalized spacial score (nSPS) is 10.5. The molecular weight excluding hydrogens is 440 g/mol. The first kappa shape index (κ1) is 24.4. The Bertz CT molecular complexity index is 1220. The van der Waals surface area contributed by atoms with E-state index in [1.54, 1.807) is 43.3 Å². The Kier molecular flexibility index (Phi) is 7.31. The van der Waals surface area contributed by atoms with Crippen LogP contribution in [0.1, 0.15) is 37.4 Å². The molecule has 0 saturated carbocycles. The standard InChI is InChI=1S/C26H26O8/c1-14-23(16-8-6-7-9-17(16)26(30)34-5)18(20(13-27)25(29)24(14)28)12-19-21(32-3)10-15(31-2)11-22(19)33-4/h6-11,13,28-29H,12H2,1-5H3. The van der Waals surface area contributed by atoms with Crippen LogP contribution in [0.4, 0.5) is 0 Å². The SMILES string of the molecule is COC(=O)c1ccccc1-c1c(C)c(O)c(O)c(C=O)c1Cc1c(OC)cc(OC)cc1OC. The summed E-state index contributed by atoms with van der Waals surface area (Å²) < 4.78 is 21.3. The number of hydrogen-bond acceptors (Lipinski definition) is 8. The van der Waals surface area contributed by atoms with Gasteiger partial charge in [0.2, 0.25) is 0 Å². The van der Waals surface area contributed by atoms with Gasteiger partial charge in [-0.3, -0.25) is 4.79 Å². The molecule has 0 atom stereocenters. The van der Waals surface area contributed by atoms with Crippen molar-refractivity contribution in [3.8, 4) is 39.9 Å². The summed E-state index contributed by atoms with van der Waals surface area (Å²) in [5.74, 6) is -0.201. The quantitative estimate of drug-likeness (QED) is 0.287. The summed E-state index contributed by atoms with van der Waals surface area (Å²) in [7, 11) is 5.77. The maximum Gasteiger partial charge on any atom is 0.338 e. The van der Waals surface area contributed by atoms with Gasteiger partial charge < -0.3 is 29.2 Å². The Morgan fingerprint density at radius 2 is 1.53 bits per heavy atom. The van der Waals surface area contributed by atoms with E-state index in [0.717, 1.165) is 0 Å². The van der Waals surface area contributed by atoms with Gasteiger partial charge in [0.1, 0.15) is 17.2 Å². The molecule has 3 aromatic rings. The molecule has 8 nitrogen and oxygen atoms in total. The second kappa shape index (κ2) is 10.2. The van der Waals surface area contributed by atoms with Crippen molar-refractivity contribution < 1.29 is 38.7 Å². The molecule has 3 aromatic carbocycles. The van der Waals surface area contributed by atoms with Gasteiger partial charge in [-0.1, -0.05) is 18.2 Å². The summed E-state index contributed by atoms with van der Waals surface area (Å²) in [4.78, 5) is 24.6. The molecule has 0 aromatic heterocycles. The number of hydrogen-bond donors (Lipinski definition) is 2. The predicted octanol–water partition coefficient (Wildman–Crippen LogP) is 4.29. The molecule has 0 amide bonds. The Labute approximate surface area is 197 Å². The van der Waals surface area contributed by atoms with Gasteiger partial charge in [-0.25, -0.2) is 4.79 Å². The van der Waals surface area contributed by atoms with Gasteiger partial charge in [0.25, 0.3) is 0 Å². The fraction of sp³-hybridized carbons (Fsp3) is 0.231. The number of ether oxygens (including phenoxy) is 4. The fourth-order valence-electron chi connectivity index (χ4n) is 4.02. The number of aromatic hydroxyl groups is 2. The van der Waals surface area contributed by atoms with Crippen LogP contribution in [0.2, 0.25) is 0 Å². The molecule has 0 bridgehead atoms. The molecule has 0 fully saturated rings. The average molecular weight is 466 g/mol. The van der Waals surface area contributed by atoms with Gasteiger partial charge in [0.15, 0.2) is 17.8 Å². The van der Waals surface area contributed by atoms with Crippen LogP contribution < -0.4 is 14.2 Å². The van der Waals surface area contributed by atoms with Gasteiger partial charge >= 0.3 is 5.97 Å². The number of methoxy groups -OCH3 is 4. The van der Waals surface area contributed by atoms with Crippen molar-refractivity contribution in [2.24, 2.45) is 0 Å². The van der Waals surface area contributed by atoms with Crippen molar-refractivity contribution in [3.63, 3.8) is 0 Å². The molecule has 0 spiro atoms. The minimum atomic E-state index is -0.583. The van der Waals surface area contributed by atoms with E-state index in [0.29, 0.717) is 51.4 Å². The first-order valence-electron chi connectivity index (χ1n) is 10.3. The maximum atomic E-state index is 12.5. The molecule has 8 heteroatoms. The smallest absolute Gasteiger partial charge is 0.338 e. The molecule has 0 radical (unpaired) electrons. The van der Waals surface area contributed by atoms with Crippen LogP contribution in [0.25, 0.3) is 11.1 Å². The van der Waals surface area contributed by atoms with Gasteiger partial charge in [0, 0.05) is 29.7 Å². The molecule has 0 saturated heterocycles. The molecular formula is C26H26O8. The molecule has 0 aliphatic rings. The first-order chi connectivity index (χ1) is 16.3. The van der Waals surface area contributed by atoms with Crippen LogP contribution in [-0.4, -0.2) is 50.9 Å². The minimum Gasteiger partial charge on any atom is -0.504 e. The van der Waals surface area contributed by atoms with E-state index in [2.05, 4.69) is 0 Å². The van der Waals surface area contributed by atoms with Crippen LogP contribution in [0.3, 0.4) is 0 Å². The Balaban J connectivity index is 2.41. The predicted molar refractivity (Wildman–Crippen MR) is 126 cm³/mol. The van der Waals surface area contributed by atoms with E-state index in [4.69, 9.17) is 18.9 Å². The second-order valence-electron chi connectivity index (χ2n) is 7.43. The largest absolute Gasteiger partial charge is 0.504 e. The lowest BCUT2D eigenvalue weighted by atomic mass is 9.85. The highest BCUT2D eigenvalue weighted by Gasteiger charge is 2.27. The van der Waals surface area contributed by atoms with Crippen LogP contribution in [0.15, 0.2) is 36.4 Å². The van der Waals surface area contributed by atoms with Crippen molar-refractivity contribution in [2.45, 2.75) is 13.3 Å². The topological polar surface area (TPSA) is 112 Å². The second-order valence-corrected chi connectivity index (χ2v) is 7.43. The zero-order valence-electron chi connectivity index (χ0n) is 19.6. The monoisotopic (exact) mass is 466 g/mol. The summed E-state index contributed by atoms with van der Waals surface area (Å²) in [5.41, 5.74) is 2.23. The van der Waals surface area contributed by atoms with Crippen molar-refractivity contribution in [1.29, 1.82) is 0 Å². The highest BCUT2D eigenvalue weighted by Crippen LogP contribution is 2.46. The maximum absolute atomic E-state index is 12.5. The van der Waals surface area contributed by atoms with Gasteiger partial charge in [-0.15, -0.1) is 0 Å². The minimum absolute atomic E-state index is 0.0733. The number of aldehydes is 1. The third kappa shape index (κ3) is 4.22. The molecule has 0 aliphatic heterocycles. The third-order valence-corrected chi connectivity index (χ3v) is 5.73. The first-order valence-corrected chi connectivity index (χ1v) is 10.3. The van der Waals surface area contributed by atoms with Crippen molar-refractivity contribution in [3.05, 3.63) is 64.2 Å². The third-order valence-electron chi connectivity index (χ3n) is 5.73. The lowest BCUT2D eigenvalue weighted by molar-refractivity contribution is 0.0601. The van der Waals surface area contributed by atoms with Crippen LogP contribution in [0.5, 0.6) is 28.7 Å². The molecule has 3 rings (SSSR count). The lowest BCUT2D eigenvalue weighted by Gasteiger charge is -2.22. The lowest BCUT2D eigenvalue weighted by Crippen LogP contribution is -2.08.